The van der Waals surface area contributed by atoms with Crippen LogP contribution in [0.15, 0.2) is 0 Å². The number of hydrogen-bond donors (Lipinski definition) is 1. The van der Waals surface area contributed by atoms with E-state index in [9.17, 15) is 0 Å². The highest BCUT2D eigenvalue weighted by atomic mass is 15.2. The van der Waals surface area contributed by atoms with E-state index in [1.54, 1.807) is 0 Å². The zero-order valence-electron chi connectivity index (χ0n) is 12.7. The lowest BCUT2D eigenvalue weighted by Gasteiger charge is -2.54. The number of likely N-dealkylation sites (tertiary alicyclic amines) is 1. The molecule has 1 heterocycles. The Morgan fingerprint density at radius 2 is 1.74 bits per heavy atom. The van der Waals surface area contributed by atoms with Crippen molar-refractivity contribution >= 4 is 0 Å². The van der Waals surface area contributed by atoms with Gasteiger partial charge in [-0.15, -0.1) is 0 Å². The second kappa shape index (κ2) is 5.73. The fourth-order valence-electron chi connectivity index (χ4n) is 4.93. The molecular weight excluding hydrogens is 232 g/mol. The molecule has 0 radical (unpaired) electrons. The molecule has 0 aromatic heterocycles. The number of nitrogens with zero attached hydrogens (tertiary/aromatic N) is 1. The predicted octanol–water partition coefficient (Wildman–Crippen LogP) is 3.55. The zero-order valence-corrected chi connectivity index (χ0v) is 12.7. The Morgan fingerprint density at radius 3 is 2.42 bits per heavy atom. The topological polar surface area (TPSA) is 29.3 Å². The number of piperidine rings is 1. The average Bonchev–Trinajstić information content (AvgIpc) is 2.42. The van der Waals surface area contributed by atoms with Crippen LogP contribution in [0.4, 0.5) is 0 Å². The second-order valence-electron chi connectivity index (χ2n) is 7.65. The molecule has 0 aromatic carbocycles. The highest BCUT2D eigenvalue weighted by Gasteiger charge is 2.43. The second-order valence-corrected chi connectivity index (χ2v) is 7.65. The average molecular weight is 264 g/mol. The van der Waals surface area contributed by atoms with Crippen molar-refractivity contribution in [3.8, 4) is 0 Å². The predicted molar refractivity (Wildman–Crippen MR) is 81.1 cm³/mol. The molecule has 110 valence electrons. The van der Waals surface area contributed by atoms with E-state index in [0.717, 1.165) is 24.4 Å². The summed E-state index contributed by atoms with van der Waals surface area (Å²) >= 11 is 0. The third-order valence-corrected chi connectivity index (χ3v) is 6.33. The van der Waals surface area contributed by atoms with Crippen LogP contribution in [-0.4, -0.2) is 29.6 Å². The highest BCUT2D eigenvalue weighted by molar-refractivity contribution is 4.98. The maximum absolute atomic E-state index is 6.25. The Kier molecular flexibility index (Phi) is 4.19. The standard InChI is InChI=1S/C17H32N2/c1-17(13-18,12-14-6-4-7-14)19-11-5-9-15-8-2-3-10-16(15)19/h14-16H,2-13,18H2,1H3/t15-,16-,17?/m1/s1. The number of rotatable bonds is 4. The van der Waals surface area contributed by atoms with E-state index in [2.05, 4.69) is 11.8 Å². The van der Waals surface area contributed by atoms with Gasteiger partial charge in [0.25, 0.3) is 0 Å². The fourth-order valence-corrected chi connectivity index (χ4v) is 4.93. The first-order valence-electron chi connectivity index (χ1n) is 8.70. The Bertz CT molecular complexity index is 298. The van der Waals surface area contributed by atoms with Crippen LogP contribution in [0, 0.1) is 11.8 Å². The monoisotopic (exact) mass is 264 g/mol. The SMILES string of the molecule is CC(CN)(CC1CCC1)N1CCC[C@H]2CCCC[C@H]21. The van der Waals surface area contributed by atoms with Crippen molar-refractivity contribution in [2.24, 2.45) is 17.6 Å². The maximum Gasteiger partial charge on any atom is 0.0309 e. The summed E-state index contributed by atoms with van der Waals surface area (Å²) in [5, 5.41) is 0. The van der Waals surface area contributed by atoms with E-state index in [-0.39, 0.29) is 5.54 Å². The maximum atomic E-state index is 6.25. The van der Waals surface area contributed by atoms with Gasteiger partial charge in [0.15, 0.2) is 0 Å². The van der Waals surface area contributed by atoms with E-state index in [0.29, 0.717) is 0 Å². The van der Waals surface area contributed by atoms with Gasteiger partial charge in [-0.1, -0.05) is 32.1 Å². The molecule has 0 bridgehead atoms. The van der Waals surface area contributed by atoms with E-state index in [4.69, 9.17) is 5.73 Å². The summed E-state index contributed by atoms with van der Waals surface area (Å²) in [6.45, 7) is 4.62. The molecule has 1 unspecified atom stereocenters. The summed E-state index contributed by atoms with van der Waals surface area (Å²) in [6, 6.07) is 0.858. The first kappa shape index (κ1) is 13.9. The highest BCUT2D eigenvalue weighted by Crippen LogP contribution is 2.42. The summed E-state index contributed by atoms with van der Waals surface area (Å²) in [6.07, 6.45) is 14.4. The van der Waals surface area contributed by atoms with Gasteiger partial charge in [-0.25, -0.2) is 0 Å². The molecule has 0 spiro atoms. The van der Waals surface area contributed by atoms with E-state index >= 15 is 0 Å². The van der Waals surface area contributed by atoms with Crippen molar-refractivity contribution in [3.05, 3.63) is 0 Å². The lowest BCUT2D eigenvalue weighted by molar-refractivity contribution is -0.0331. The molecule has 1 aliphatic heterocycles. The minimum Gasteiger partial charge on any atom is -0.329 e. The lowest BCUT2D eigenvalue weighted by Crippen LogP contribution is -2.61. The quantitative estimate of drug-likeness (QED) is 0.841. The first-order valence-corrected chi connectivity index (χ1v) is 8.70. The summed E-state index contributed by atoms with van der Waals surface area (Å²) in [5.41, 5.74) is 6.53. The molecule has 2 saturated carbocycles. The van der Waals surface area contributed by atoms with Crippen LogP contribution >= 0.6 is 0 Å². The molecule has 3 fully saturated rings. The molecule has 3 atom stereocenters. The number of fused-ring (bicyclic) bond motifs is 1. The molecule has 2 aliphatic carbocycles. The van der Waals surface area contributed by atoms with E-state index in [1.165, 1.54) is 70.8 Å². The van der Waals surface area contributed by atoms with Gasteiger partial charge in [-0.3, -0.25) is 4.90 Å². The van der Waals surface area contributed by atoms with Crippen LogP contribution in [0.2, 0.25) is 0 Å². The van der Waals surface area contributed by atoms with Gasteiger partial charge in [0.2, 0.25) is 0 Å². The number of hydrogen-bond acceptors (Lipinski definition) is 2. The van der Waals surface area contributed by atoms with Gasteiger partial charge in [-0.05, 0) is 57.4 Å². The molecule has 19 heavy (non-hydrogen) atoms. The van der Waals surface area contributed by atoms with Gasteiger partial charge in [0.1, 0.15) is 0 Å². The van der Waals surface area contributed by atoms with Crippen LogP contribution in [0.3, 0.4) is 0 Å². The first-order chi connectivity index (χ1) is 9.23. The Balaban J connectivity index is 1.72. The Hall–Kier alpha value is -0.0800. The normalized spacial score (nSPS) is 36.3. The van der Waals surface area contributed by atoms with Crippen molar-refractivity contribution in [3.63, 3.8) is 0 Å². The summed E-state index contributed by atoms with van der Waals surface area (Å²) in [4.78, 5) is 2.86. The van der Waals surface area contributed by atoms with Crippen molar-refractivity contribution in [1.29, 1.82) is 0 Å². The molecule has 2 N–H and O–H groups in total. The Morgan fingerprint density at radius 1 is 1.00 bits per heavy atom. The molecule has 3 aliphatic rings. The van der Waals surface area contributed by atoms with Crippen molar-refractivity contribution in [2.45, 2.75) is 82.7 Å². The molecule has 3 rings (SSSR count). The molecule has 0 aromatic rings. The van der Waals surface area contributed by atoms with Gasteiger partial charge < -0.3 is 5.73 Å². The van der Waals surface area contributed by atoms with Crippen molar-refractivity contribution < 1.29 is 0 Å². The number of nitrogens with two attached hydrogens (primary N) is 1. The van der Waals surface area contributed by atoms with Gasteiger partial charge in [-0.2, -0.15) is 0 Å². The van der Waals surface area contributed by atoms with Crippen LogP contribution in [0.1, 0.15) is 71.1 Å². The fraction of sp³-hybridized carbons (Fsp3) is 1.00. The van der Waals surface area contributed by atoms with E-state index < -0.39 is 0 Å². The molecule has 0 amide bonds. The minimum atomic E-state index is 0.283. The smallest absolute Gasteiger partial charge is 0.0309 e. The molecule has 1 saturated heterocycles. The minimum absolute atomic E-state index is 0.283. The van der Waals surface area contributed by atoms with Crippen LogP contribution in [0.25, 0.3) is 0 Å². The third-order valence-electron chi connectivity index (χ3n) is 6.33. The van der Waals surface area contributed by atoms with E-state index in [1.807, 2.05) is 0 Å². The Labute approximate surface area is 119 Å². The van der Waals surface area contributed by atoms with Crippen molar-refractivity contribution in [1.82, 2.24) is 4.90 Å². The zero-order chi connectivity index (χ0) is 13.3. The molecule has 2 heteroatoms. The van der Waals surface area contributed by atoms with Crippen LogP contribution < -0.4 is 5.73 Å². The summed E-state index contributed by atoms with van der Waals surface area (Å²) in [7, 11) is 0. The van der Waals surface area contributed by atoms with Crippen LogP contribution in [-0.2, 0) is 0 Å². The lowest BCUT2D eigenvalue weighted by atomic mass is 9.72. The molecular formula is C17H32N2. The largest absolute Gasteiger partial charge is 0.329 e. The third kappa shape index (κ3) is 2.71. The van der Waals surface area contributed by atoms with Gasteiger partial charge in [0.05, 0.1) is 0 Å². The summed E-state index contributed by atoms with van der Waals surface area (Å²) < 4.78 is 0. The molecule has 2 nitrogen and oxygen atoms in total. The van der Waals surface area contributed by atoms with Gasteiger partial charge >= 0.3 is 0 Å². The summed E-state index contributed by atoms with van der Waals surface area (Å²) in [5.74, 6) is 1.95. The van der Waals surface area contributed by atoms with Gasteiger partial charge in [0, 0.05) is 18.1 Å². The van der Waals surface area contributed by atoms with Crippen molar-refractivity contribution in [2.75, 3.05) is 13.1 Å². The van der Waals surface area contributed by atoms with Crippen LogP contribution in [0.5, 0.6) is 0 Å².